The summed E-state index contributed by atoms with van der Waals surface area (Å²) in [5, 5.41) is 11.9. The summed E-state index contributed by atoms with van der Waals surface area (Å²) >= 11 is 3.10. The molecule has 2 aromatic heterocycles. The van der Waals surface area contributed by atoms with Gasteiger partial charge in [-0.25, -0.2) is 0 Å². The Balaban J connectivity index is 1.83. The number of H-pyrrole nitrogens is 1. The van der Waals surface area contributed by atoms with Crippen molar-refractivity contribution in [1.82, 2.24) is 15.5 Å². The lowest BCUT2D eigenvalue weighted by Gasteiger charge is -2.03. The first-order valence-electron chi connectivity index (χ1n) is 6.34. The van der Waals surface area contributed by atoms with E-state index in [1.54, 1.807) is 12.1 Å². The van der Waals surface area contributed by atoms with Gasteiger partial charge in [0.05, 0.1) is 6.54 Å². The number of anilines is 1. The van der Waals surface area contributed by atoms with Gasteiger partial charge in [-0.2, -0.15) is 5.10 Å². The van der Waals surface area contributed by atoms with Crippen molar-refractivity contribution in [1.29, 1.82) is 0 Å². The first kappa shape index (κ1) is 15.3. The largest absolute Gasteiger partial charge is 0.444 e. The SMILES string of the molecule is CC(C)c1cc(NC(=O)CNC(=O)c2ccc(Br)o2)n[nH]1. The van der Waals surface area contributed by atoms with Crippen molar-refractivity contribution in [2.75, 3.05) is 11.9 Å². The molecule has 0 aliphatic heterocycles. The standard InChI is InChI=1S/C13H15BrN4O3/c1-7(2)8-5-11(18-17-8)16-12(19)6-15-13(20)9-3-4-10(14)21-9/h3-5,7H,6H2,1-2H3,(H,15,20)(H2,16,17,18,19). The van der Waals surface area contributed by atoms with E-state index in [1.165, 1.54) is 6.07 Å². The predicted molar refractivity (Wildman–Crippen MR) is 80.0 cm³/mol. The molecular formula is C13H15BrN4O3. The number of carbonyl (C=O) groups is 2. The third kappa shape index (κ3) is 4.19. The first-order chi connectivity index (χ1) is 9.95. The summed E-state index contributed by atoms with van der Waals surface area (Å²) < 4.78 is 5.53. The molecule has 0 radical (unpaired) electrons. The van der Waals surface area contributed by atoms with E-state index in [-0.39, 0.29) is 18.2 Å². The highest BCUT2D eigenvalue weighted by atomic mass is 79.9. The molecule has 0 saturated heterocycles. The van der Waals surface area contributed by atoms with E-state index in [4.69, 9.17) is 4.42 Å². The van der Waals surface area contributed by atoms with Crippen molar-refractivity contribution >= 4 is 33.6 Å². The maximum atomic E-state index is 11.7. The van der Waals surface area contributed by atoms with Crippen molar-refractivity contribution in [3.05, 3.63) is 34.3 Å². The fraction of sp³-hybridized carbons (Fsp3) is 0.308. The second kappa shape index (κ2) is 6.57. The van der Waals surface area contributed by atoms with Gasteiger partial charge < -0.3 is 15.1 Å². The number of nitrogens with zero attached hydrogens (tertiary/aromatic N) is 1. The van der Waals surface area contributed by atoms with Crippen LogP contribution in [0, 0.1) is 0 Å². The number of furan rings is 1. The number of rotatable bonds is 5. The number of nitrogens with one attached hydrogen (secondary N) is 3. The molecule has 2 heterocycles. The molecule has 8 heteroatoms. The van der Waals surface area contributed by atoms with Crippen LogP contribution in [0.2, 0.25) is 0 Å². The lowest BCUT2D eigenvalue weighted by atomic mass is 10.1. The maximum absolute atomic E-state index is 11.7. The zero-order chi connectivity index (χ0) is 15.4. The van der Waals surface area contributed by atoms with Gasteiger partial charge in [-0.1, -0.05) is 13.8 Å². The molecule has 112 valence electrons. The van der Waals surface area contributed by atoms with Gasteiger partial charge in [-0.05, 0) is 34.0 Å². The molecule has 0 atom stereocenters. The van der Waals surface area contributed by atoms with Gasteiger partial charge >= 0.3 is 0 Å². The highest BCUT2D eigenvalue weighted by Crippen LogP contribution is 2.15. The Bertz CT molecular complexity index is 647. The van der Waals surface area contributed by atoms with Crippen molar-refractivity contribution < 1.29 is 14.0 Å². The van der Waals surface area contributed by atoms with Crippen LogP contribution in [0.5, 0.6) is 0 Å². The van der Waals surface area contributed by atoms with Crippen LogP contribution in [0.15, 0.2) is 27.3 Å². The number of aromatic nitrogens is 2. The summed E-state index contributed by atoms with van der Waals surface area (Å²) in [6.45, 7) is 3.86. The van der Waals surface area contributed by atoms with Crippen molar-refractivity contribution in [2.24, 2.45) is 0 Å². The second-order valence-corrected chi connectivity index (χ2v) is 5.48. The fourth-order valence-corrected chi connectivity index (χ4v) is 1.87. The molecule has 0 aliphatic carbocycles. The number of aromatic amines is 1. The monoisotopic (exact) mass is 354 g/mol. The van der Waals surface area contributed by atoms with Gasteiger partial charge in [-0.15, -0.1) is 0 Å². The molecule has 0 fully saturated rings. The van der Waals surface area contributed by atoms with E-state index < -0.39 is 5.91 Å². The molecule has 21 heavy (non-hydrogen) atoms. The van der Waals surface area contributed by atoms with Gasteiger partial charge in [0.1, 0.15) is 0 Å². The minimum absolute atomic E-state index is 0.136. The van der Waals surface area contributed by atoms with Crippen LogP contribution in [0.3, 0.4) is 0 Å². The lowest BCUT2D eigenvalue weighted by Crippen LogP contribution is -2.32. The third-order valence-electron chi connectivity index (χ3n) is 2.69. The van der Waals surface area contributed by atoms with Crippen molar-refractivity contribution in [3.63, 3.8) is 0 Å². The number of carbonyl (C=O) groups excluding carboxylic acids is 2. The van der Waals surface area contributed by atoms with Gasteiger partial charge in [0.2, 0.25) is 5.91 Å². The average molecular weight is 355 g/mol. The number of hydrogen-bond donors (Lipinski definition) is 3. The molecule has 3 N–H and O–H groups in total. The van der Waals surface area contributed by atoms with E-state index in [0.29, 0.717) is 16.4 Å². The predicted octanol–water partition coefficient (Wildman–Crippen LogP) is 2.26. The highest BCUT2D eigenvalue weighted by molar-refractivity contribution is 9.10. The Morgan fingerprint density at radius 1 is 1.43 bits per heavy atom. The smallest absolute Gasteiger partial charge is 0.287 e. The van der Waals surface area contributed by atoms with E-state index in [2.05, 4.69) is 36.8 Å². The highest BCUT2D eigenvalue weighted by Gasteiger charge is 2.13. The molecule has 0 aliphatic rings. The topological polar surface area (TPSA) is 100 Å². The zero-order valence-electron chi connectivity index (χ0n) is 11.6. The Morgan fingerprint density at radius 3 is 2.76 bits per heavy atom. The minimum atomic E-state index is -0.458. The molecule has 0 saturated carbocycles. The van der Waals surface area contributed by atoms with Gasteiger partial charge in [0.25, 0.3) is 5.91 Å². The summed E-state index contributed by atoms with van der Waals surface area (Å²) in [7, 11) is 0. The van der Waals surface area contributed by atoms with Gasteiger partial charge in [0, 0.05) is 11.8 Å². The lowest BCUT2D eigenvalue weighted by molar-refractivity contribution is -0.115. The Kier molecular flexibility index (Phi) is 4.79. The van der Waals surface area contributed by atoms with Crippen LogP contribution < -0.4 is 10.6 Å². The second-order valence-electron chi connectivity index (χ2n) is 4.70. The summed E-state index contributed by atoms with van der Waals surface area (Å²) in [6, 6.07) is 4.88. The van der Waals surface area contributed by atoms with Crippen molar-refractivity contribution in [3.8, 4) is 0 Å². The van der Waals surface area contributed by atoms with Crippen LogP contribution >= 0.6 is 15.9 Å². The molecule has 7 nitrogen and oxygen atoms in total. The van der Waals surface area contributed by atoms with E-state index >= 15 is 0 Å². The Labute approximate surface area is 129 Å². The first-order valence-corrected chi connectivity index (χ1v) is 7.13. The molecule has 0 spiro atoms. The molecule has 0 bridgehead atoms. The van der Waals surface area contributed by atoms with E-state index in [1.807, 2.05) is 13.8 Å². The molecule has 0 unspecified atom stereocenters. The van der Waals surface area contributed by atoms with Crippen LogP contribution in [-0.4, -0.2) is 28.6 Å². The average Bonchev–Trinajstić information content (AvgIpc) is 3.05. The maximum Gasteiger partial charge on any atom is 0.287 e. The third-order valence-corrected chi connectivity index (χ3v) is 3.12. The zero-order valence-corrected chi connectivity index (χ0v) is 13.2. The summed E-state index contributed by atoms with van der Waals surface area (Å²) in [5.74, 6) is 0.0343. The quantitative estimate of drug-likeness (QED) is 0.766. The minimum Gasteiger partial charge on any atom is -0.444 e. The molecule has 2 amide bonds. The molecule has 0 aromatic carbocycles. The summed E-state index contributed by atoms with van der Waals surface area (Å²) in [4.78, 5) is 23.4. The molecule has 2 aromatic rings. The van der Waals surface area contributed by atoms with Crippen molar-refractivity contribution in [2.45, 2.75) is 19.8 Å². The number of amides is 2. The van der Waals surface area contributed by atoms with Gasteiger partial charge in [-0.3, -0.25) is 14.7 Å². The normalized spacial score (nSPS) is 10.7. The number of halogens is 1. The Hall–Kier alpha value is -2.09. The Morgan fingerprint density at radius 2 is 2.19 bits per heavy atom. The molecule has 2 rings (SSSR count). The fourth-order valence-electron chi connectivity index (χ4n) is 1.57. The van der Waals surface area contributed by atoms with Gasteiger partial charge in [0.15, 0.2) is 16.2 Å². The number of hydrogen-bond acceptors (Lipinski definition) is 4. The van der Waals surface area contributed by atoms with Crippen LogP contribution in [0.4, 0.5) is 5.82 Å². The van der Waals surface area contributed by atoms with Crippen LogP contribution in [0.1, 0.15) is 36.0 Å². The van der Waals surface area contributed by atoms with E-state index in [9.17, 15) is 9.59 Å². The summed E-state index contributed by atoms with van der Waals surface area (Å²) in [5.41, 5.74) is 0.926. The molecular weight excluding hydrogens is 340 g/mol. The van der Waals surface area contributed by atoms with Crippen LogP contribution in [-0.2, 0) is 4.79 Å². The van der Waals surface area contributed by atoms with Crippen LogP contribution in [0.25, 0.3) is 0 Å². The van der Waals surface area contributed by atoms with E-state index in [0.717, 1.165) is 5.69 Å². The summed E-state index contributed by atoms with van der Waals surface area (Å²) in [6.07, 6.45) is 0.